The van der Waals surface area contributed by atoms with E-state index in [2.05, 4.69) is 15.3 Å². The first-order chi connectivity index (χ1) is 9.49. The van der Waals surface area contributed by atoms with Gasteiger partial charge in [0.2, 0.25) is 0 Å². The molecule has 1 saturated heterocycles. The van der Waals surface area contributed by atoms with Crippen molar-refractivity contribution in [1.82, 2.24) is 9.97 Å². The Morgan fingerprint density at radius 1 is 1.45 bits per heavy atom. The van der Waals surface area contributed by atoms with E-state index in [1.165, 1.54) is 0 Å². The van der Waals surface area contributed by atoms with Gasteiger partial charge in [-0.3, -0.25) is 0 Å². The summed E-state index contributed by atoms with van der Waals surface area (Å²) in [6.07, 6.45) is 2.73. The Labute approximate surface area is 123 Å². The zero-order valence-electron chi connectivity index (χ0n) is 11.8. The van der Waals surface area contributed by atoms with Gasteiger partial charge in [0.05, 0.1) is 6.10 Å². The normalized spacial score (nSPS) is 29.7. The van der Waals surface area contributed by atoms with Crippen molar-refractivity contribution in [2.75, 3.05) is 18.5 Å². The van der Waals surface area contributed by atoms with Crippen LogP contribution in [0.3, 0.4) is 0 Å². The molecule has 6 heteroatoms. The number of anilines is 1. The molecule has 1 saturated carbocycles. The lowest BCUT2D eigenvalue weighted by molar-refractivity contribution is -0.0176. The monoisotopic (exact) mass is 297 g/mol. The van der Waals surface area contributed by atoms with Gasteiger partial charge in [-0.2, -0.15) is 0 Å². The first-order valence-electron chi connectivity index (χ1n) is 7.11. The summed E-state index contributed by atoms with van der Waals surface area (Å²) in [6.45, 7) is 4.78. The first-order valence-corrected chi connectivity index (χ1v) is 7.49. The van der Waals surface area contributed by atoms with Crippen LogP contribution in [0.25, 0.3) is 0 Å². The molecule has 2 heterocycles. The molecule has 2 unspecified atom stereocenters. The van der Waals surface area contributed by atoms with Crippen LogP contribution in [0.15, 0.2) is 0 Å². The SMILES string of the molecule is Cc1c(Cl)nc(C2CC2)nc1NCC1(O)CCOC1C. The topological polar surface area (TPSA) is 67.3 Å². The van der Waals surface area contributed by atoms with Gasteiger partial charge in [0, 0.05) is 31.1 Å². The predicted octanol–water partition coefficient (Wildman–Crippen LogP) is 2.27. The van der Waals surface area contributed by atoms with Crippen molar-refractivity contribution in [3.8, 4) is 0 Å². The summed E-state index contributed by atoms with van der Waals surface area (Å²) in [5.74, 6) is 1.98. The highest BCUT2D eigenvalue weighted by Crippen LogP contribution is 2.39. The molecule has 20 heavy (non-hydrogen) atoms. The minimum absolute atomic E-state index is 0.171. The van der Waals surface area contributed by atoms with Crippen molar-refractivity contribution in [2.45, 2.75) is 50.7 Å². The number of aromatic nitrogens is 2. The minimum atomic E-state index is -0.844. The van der Waals surface area contributed by atoms with Crippen LogP contribution in [-0.2, 0) is 4.74 Å². The van der Waals surface area contributed by atoms with E-state index in [0.717, 1.165) is 30.0 Å². The van der Waals surface area contributed by atoms with Gasteiger partial charge >= 0.3 is 0 Å². The molecule has 0 bridgehead atoms. The molecule has 5 nitrogen and oxygen atoms in total. The number of rotatable bonds is 4. The summed E-state index contributed by atoms with van der Waals surface area (Å²) in [7, 11) is 0. The average Bonchev–Trinajstić information content (AvgIpc) is 3.20. The van der Waals surface area contributed by atoms with Crippen LogP contribution < -0.4 is 5.32 Å². The molecule has 110 valence electrons. The summed E-state index contributed by atoms with van der Waals surface area (Å²) >= 11 is 6.17. The van der Waals surface area contributed by atoms with E-state index >= 15 is 0 Å². The van der Waals surface area contributed by atoms with Crippen molar-refractivity contribution in [3.63, 3.8) is 0 Å². The molecule has 1 aromatic heterocycles. The summed E-state index contributed by atoms with van der Waals surface area (Å²) < 4.78 is 5.43. The second-order valence-corrected chi connectivity index (χ2v) is 6.20. The van der Waals surface area contributed by atoms with Gasteiger partial charge in [0.25, 0.3) is 0 Å². The van der Waals surface area contributed by atoms with Gasteiger partial charge in [0.15, 0.2) is 0 Å². The van der Waals surface area contributed by atoms with E-state index in [1.807, 2.05) is 13.8 Å². The van der Waals surface area contributed by atoms with Crippen LogP contribution in [0.2, 0.25) is 5.15 Å². The third-order valence-electron chi connectivity index (χ3n) is 4.27. The molecule has 0 spiro atoms. The minimum Gasteiger partial charge on any atom is -0.385 e. The molecule has 0 aromatic carbocycles. The predicted molar refractivity (Wildman–Crippen MR) is 77.2 cm³/mol. The second-order valence-electron chi connectivity index (χ2n) is 5.84. The molecular formula is C14H20ClN3O2. The van der Waals surface area contributed by atoms with Crippen molar-refractivity contribution in [3.05, 3.63) is 16.5 Å². The zero-order chi connectivity index (χ0) is 14.3. The Hall–Kier alpha value is -0.910. The van der Waals surface area contributed by atoms with E-state index in [0.29, 0.717) is 30.6 Å². The Balaban J connectivity index is 1.76. The Morgan fingerprint density at radius 2 is 2.20 bits per heavy atom. The summed E-state index contributed by atoms with van der Waals surface area (Å²) in [6, 6.07) is 0. The third kappa shape index (κ3) is 2.62. The first kappa shape index (κ1) is 14.0. The molecule has 2 N–H and O–H groups in total. The highest BCUT2D eigenvalue weighted by Gasteiger charge is 2.39. The molecule has 2 aliphatic rings. The van der Waals surface area contributed by atoms with Crippen LogP contribution in [-0.4, -0.2) is 39.9 Å². The molecular weight excluding hydrogens is 278 g/mol. The van der Waals surface area contributed by atoms with Gasteiger partial charge in [-0.15, -0.1) is 0 Å². The number of nitrogens with zero attached hydrogens (tertiary/aromatic N) is 2. The van der Waals surface area contributed by atoms with Gasteiger partial charge in [0.1, 0.15) is 22.4 Å². The lowest BCUT2D eigenvalue weighted by atomic mass is 9.97. The molecule has 1 aliphatic carbocycles. The Kier molecular flexibility index (Phi) is 3.60. The second kappa shape index (κ2) is 5.13. The Bertz CT molecular complexity index is 521. The number of hydrogen-bond acceptors (Lipinski definition) is 5. The quantitative estimate of drug-likeness (QED) is 0.835. The lowest BCUT2D eigenvalue weighted by Crippen LogP contribution is -2.43. The summed E-state index contributed by atoms with van der Waals surface area (Å²) in [5.41, 5.74) is -0.0184. The number of halogens is 1. The van der Waals surface area contributed by atoms with Crippen LogP contribution in [0.1, 0.15) is 43.5 Å². The number of hydrogen-bond donors (Lipinski definition) is 2. The number of nitrogens with one attached hydrogen (secondary N) is 1. The maximum atomic E-state index is 10.5. The van der Waals surface area contributed by atoms with Gasteiger partial charge in [-0.05, 0) is 26.7 Å². The van der Waals surface area contributed by atoms with Crippen molar-refractivity contribution >= 4 is 17.4 Å². The van der Waals surface area contributed by atoms with Gasteiger partial charge < -0.3 is 15.2 Å². The van der Waals surface area contributed by atoms with Crippen LogP contribution in [0.4, 0.5) is 5.82 Å². The largest absolute Gasteiger partial charge is 0.385 e. The summed E-state index contributed by atoms with van der Waals surface area (Å²) in [5, 5.41) is 14.2. The van der Waals surface area contributed by atoms with Crippen LogP contribution in [0.5, 0.6) is 0 Å². The molecule has 0 amide bonds. The van der Waals surface area contributed by atoms with Crippen molar-refractivity contribution in [1.29, 1.82) is 0 Å². The van der Waals surface area contributed by atoms with Crippen molar-refractivity contribution in [2.24, 2.45) is 0 Å². The van der Waals surface area contributed by atoms with Crippen LogP contribution in [0, 0.1) is 6.92 Å². The maximum absolute atomic E-state index is 10.5. The highest BCUT2D eigenvalue weighted by atomic mass is 35.5. The van der Waals surface area contributed by atoms with E-state index in [9.17, 15) is 5.11 Å². The highest BCUT2D eigenvalue weighted by molar-refractivity contribution is 6.30. The fraction of sp³-hybridized carbons (Fsp3) is 0.714. The summed E-state index contributed by atoms with van der Waals surface area (Å²) in [4.78, 5) is 8.89. The molecule has 3 rings (SSSR count). The standard InChI is InChI=1S/C14H20ClN3O2/c1-8-11(15)17-13(10-3-4-10)18-12(8)16-7-14(19)5-6-20-9(14)2/h9-10,19H,3-7H2,1-2H3,(H,16,17,18). The van der Waals surface area contributed by atoms with Gasteiger partial charge in [-0.25, -0.2) is 9.97 Å². The molecule has 1 aromatic rings. The fourth-order valence-corrected chi connectivity index (χ4v) is 2.62. The number of ether oxygens (including phenoxy) is 1. The average molecular weight is 298 g/mol. The van der Waals surface area contributed by atoms with Crippen molar-refractivity contribution < 1.29 is 9.84 Å². The van der Waals surface area contributed by atoms with E-state index in [1.54, 1.807) is 0 Å². The lowest BCUT2D eigenvalue weighted by Gasteiger charge is -2.26. The fourth-order valence-electron chi connectivity index (χ4n) is 2.44. The Morgan fingerprint density at radius 3 is 2.80 bits per heavy atom. The molecule has 0 radical (unpaired) electrons. The molecule has 1 aliphatic heterocycles. The van der Waals surface area contributed by atoms with Gasteiger partial charge in [-0.1, -0.05) is 11.6 Å². The van der Waals surface area contributed by atoms with E-state index in [-0.39, 0.29) is 6.10 Å². The molecule has 2 fully saturated rings. The zero-order valence-corrected chi connectivity index (χ0v) is 12.6. The molecule has 2 atom stereocenters. The van der Waals surface area contributed by atoms with E-state index < -0.39 is 5.60 Å². The maximum Gasteiger partial charge on any atom is 0.137 e. The van der Waals surface area contributed by atoms with Crippen LogP contribution >= 0.6 is 11.6 Å². The number of aliphatic hydroxyl groups is 1. The van der Waals surface area contributed by atoms with E-state index in [4.69, 9.17) is 16.3 Å². The smallest absolute Gasteiger partial charge is 0.137 e. The third-order valence-corrected chi connectivity index (χ3v) is 4.64.